The zero-order chi connectivity index (χ0) is 13.7. The lowest BCUT2D eigenvalue weighted by Gasteiger charge is -2.11. The smallest absolute Gasteiger partial charge is 0.124 e. The van der Waals surface area contributed by atoms with Crippen LogP contribution in [0.2, 0.25) is 0 Å². The fraction of sp³-hybridized carbons (Fsp3) is 0.286. The van der Waals surface area contributed by atoms with Gasteiger partial charge in [-0.25, -0.2) is 0 Å². The number of hydrogen-bond donors (Lipinski definition) is 1. The van der Waals surface area contributed by atoms with E-state index in [0.29, 0.717) is 6.61 Å². The van der Waals surface area contributed by atoms with Crippen molar-refractivity contribution in [2.24, 2.45) is 0 Å². The Balaban J connectivity index is 2.05. The molecule has 0 unspecified atom stereocenters. The predicted octanol–water partition coefficient (Wildman–Crippen LogP) is 4.96. The van der Waals surface area contributed by atoms with Crippen LogP contribution >= 0.6 is 43.2 Å². The standard InChI is InChI=1S/C14H15Br2NOS/c1-2-17-7-10-5-11(15)3-4-14(10)18-8-13-6-12(16)9-19-13/h3-6,9,17H,2,7-8H2,1H3. The molecule has 0 aliphatic heterocycles. The highest BCUT2D eigenvalue weighted by Gasteiger charge is 2.06. The summed E-state index contributed by atoms with van der Waals surface area (Å²) in [6, 6.07) is 8.21. The molecule has 0 amide bonds. The first-order valence-electron chi connectivity index (χ1n) is 6.04. The van der Waals surface area contributed by atoms with Crippen molar-refractivity contribution in [1.29, 1.82) is 0 Å². The van der Waals surface area contributed by atoms with Crippen molar-refractivity contribution in [3.8, 4) is 5.75 Å². The first-order valence-corrected chi connectivity index (χ1v) is 8.50. The molecule has 0 spiro atoms. The number of benzene rings is 1. The molecule has 0 bridgehead atoms. The van der Waals surface area contributed by atoms with Gasteiger partial charge in [-0.3, -0.25) is 0 Å². The van der Waals surface area contributed by atoms with E-state index in [4.69, 9.17) is 4.74 Å². The van der Waals surface area contributed by atoms with Crippen molar-refractivity contribution in [1.82, 2.24) is 5.32 Å². The van der Waals surface area contributed by atoms with Crippen molar-refractivity contribution < 1.29 is 4.74 Å². The lowest BCUT2D eigenvalue weighted by atomic mass is 10.2. The van der Waals surface area contributed by atoms with Gasteiger partial charge in [-0.15, -0.1) is 11.3 Å². The molecule has 0 aliphatic rings. The molecule has 2 aromatic rings. The number of hydrogen-bond acceptors (Lipinski definition) is 3. The zero-order valence-corrected chi connectivity index (χ0v) is 14.6. The summed E-state index contributed by atoms with van der Waals surface area (Å²) >= 11 is 8.65. The van der Waals surface area contributed by atoms with E-state index in [1.165, 1.54) is 10.4 Å². The van der Waals surface area contributed by atoms with Gasteiger partial charge < -0.3 is 10.1 Å². The van der Waals surface area contributed by atoms with Crippen LogP contribution in [0.1, 0.15) is 17.4 Å². The van der Waals surface area contributed by atoms with E-state index in [1.54, 1.807) is 11.3 Å². The Morgan fingerprint density at radius 1 is 1.21 bits per heavy atom. The van der Waals surface area contributed by atoms with Crippen molar-refractivity contribution >= 4 is 43.2 Å². The van der Waals surface area contributed by atoms with Crippen LogP contribution in [0.3, 0.4) is 0 Å². The van der Waals surface area contributed by atoms with E-state index in [-0.39, 0.29) is 0 Å². The minimum Gasteiger partial charge on any atom is -0.488 e. The van der Waals surface area contributed by atoms with E-state index < -0.39 is 0 Å². The van der Waals surface area contributed by atoms with Gasteiger partial charge in [0.2, 0.25) is 0 Å². The van der Waals surface area contributed by atoms with Crippen LogP contribution in [-0.4, -0.2) is 6.54 Å². The maximum atomic E-state index is 5.92. The molecule has 1 N–H and O–H groups in total. The number of nitrogens with one attached hydrogen (secondary N) is 1. The zero-order valence-electron chi connectivity index (χ0n) is 10.6. The first-order chi connectivity index (χ1) is 9.19. The third-order valence-electron chi connectivity index (χ3n) is 2.58. The Bertz CT molecular complexity index is 542. The van der Waals surface area contributed by atoms with Gasteiger partial charge in [0, 0.05) is 31.3 Å². The summed E-state index contributed by atoms with van der Waals surface area (Å²) in [5.41, 5.74) is 1.17. The molecule has 102 valence electrons. The summed E-state index contributed by atoms with van der Waals surface area (Å²) in [5.74, 6) is 0.939. The summed E-state index contributed by atoms with van der Waals surface area (Å²) < 4.78 is 8.10. The second kappa shape index (κ2) is 7.43. The maximum absolute atomic E-state index is 5.92. The second-order valence-electron chi connectivity index (χ2n) is 4.05. The molecule has 1 aromatic carbocycles. The molecule has 2 nitrogen and oxygen atoms in total. The van der Waals surface area contributed by atoms with Crippen LogP contribution in [0.4, 0.5) is 0 Å². The van der Waals surface area contributed by atoms with Gasteiger partial charge in [-0.1, -0.05) is 22.9 Å². The van der Waals surface area contributed by atoms with Gasteiger partial charge in [0.15, 0.2) is 0 Å². The molecule has 1 heterocycles. The Kier molecular flexibility index (Phi) is 5.88. The van der Waals surface area contributed by atoms with Gasteiger partial charge in [-0.2, -0.15) is 0 Å². The molecule has 2 rings (SSSR count). The normalized spacial score (nSPS) is 10.7. The summed E-state index contributed by atoms with van der Waals surface area (Å²) in [4.78, 5) is 1.21. The monoisotopic (exact) mass is 403 g/mol. The number of thiophene rings is 1. The molecule has 0 saturated heterocycles. The molecule has 19 heavy (non-hydrogen) atoms. The third kappa shape index (κ3) is 4.60. The minimum atomic E-state index is 0.608. The highest BCUT2D eigenvalue weighted by molar-refractivity contribution is 9.10. The van der Waals surface area contributed by atoms with Crippen LogP contribution in [-0.2, 0) is 13.2 Å². The van der Waals surface area contributed by atoms with E-state index in [2.05, 4.69) is 61.6 Å². The third-order valence-corrected chi connectivity index (χ3v) is 4.74. The highest BCUT2D eigenvalue weighted by atomic mass is 79.9. The number of ether oxygens (including phenoxy) is 1. The van der Waals surface area contributed by atoms with Gasteiger partial charge in [0.05, 0.1) is 0 Å². The summed E-state index contributed by atoms with van der Waals surface area (Å²) in [7, 11) is 0. The molecule has 5 heteroatoms. The molecule has 0 atom stereocenters. The molecular weight excluding hydrogens is 390 g/mol. The first kappa shape index (κ1) is 15.0. The largest absolute Gasteiger partial charge is 0.488 e. The maximum Gasteiger partial charge on any atom is 0.124 e. The molecule has 0 saturated carbocycles. The van der Waals surface area contributed by atoms with Gasteiger partial charge >= 0.3 is 0 Å². The molecule has 0 aliphatic carbocycles. The molecule has 0 fully saturated rings. The number of rotatable bonds is 6. The SMILES string of the molecule is CCNCc1cc(Br)ccc1OCc1cc(Br)cs1. The van der Waals surface area contributed by atoms with Gasteiger partial charge in [-0.05, 0) is 46.7 Å². The summed E-state index contributed by atoms with van der Waals surface area (Å²) in [6.07, 6.45) is 0. The van der Waals surface area contributed by atoms with E-state index in [9.17, 15) is 0 Å². The second-order valence-corrected chi connectivity index (χ2v) is 6.88. The van der Waals surface area contributed by atoms with Crippen LogP contribution in [0.15, 0.2) is 38.6 Å². The lowest BCUT2D eigenvalue weighted by molar-refractivity contribution is 0.305. The molecule has 1 aromatic heterocycles. The van der Waals surface area contributed by atoms with Gasteiger partial charge in [0.25, 0.3) is 0 Å². The number of halogens is 2. The lowest BCUT2D eigenvalue weighted by Crippen LogP contribution is -2.12. The Morgan fingerprint density at radius 2 is 2.05 bits per heavy atom. The van der Waals surface area contributed by atoms with Crippen molar-refractivity contribution in [3.05, 3.63) is 49.0 Å². The Morgan fingerprint density at radius 3 is 2.74 bits per heavy atom. The quantitative estimate of drug-likeness (QED) is 0.734. The molecule has 0 radical (unpaired) electrons. The van der Waals surface area contributed by atoms with Crippen molar-refractivity contribution in [3.63, 3.8) is 0 Å². The Labute approximate surface area is 134 Å². The van der Waals surface area contributed by atoms with Crippen molar-refractivity contribution in [2.75, 3.05) is 6.54 Å². The predicted molar refractivity (Wildman–Crippen MR) is 87.9 cm³/mol. The molecular formula is C14H15Br2NOS. The highest BCUT2D eigenvalue weighted by Crippen LogP contribution is 2.26. The average Bonchev–Trinajstić information content (AvgIpc) is 2.81. The fourth-order valence-electron chi connectivity index (χ4n) is 1.67. The summed E-state index contributed by atoms with van der Waals surface area (Å²) in [5, 5.41) is 5.40. The fourth-order valence-corrected chi connectivity index (χ4v) is 3.44. The summed E-state index contributed by atoms with van der Waals surface area (Å²) in [6.45, 7) is 4.47. The van der Waals surface area contributed by atoms with Crippen LogP contribution in [0.25, 0.3) is 0 Å². The van der Waals surface area contributed by atoms with E-state index in [1.807, 2.05) is 12.1 Å². The van der Waals surface area contributed by atoms with Crippen molar-refractivity contribution in [2.45, 2.75) is 20.1 Å². The van der Waals surface area contributed by atoms with Crippen LogP contribution in [0.5, 0.6) is 5.75 Å². The Hall–Kier alpha value is -0.360. The topological polar surface area (TPSA) is 21.3 Å². The van der Waals surface area contributed by atoms with Crippen LogP contribution in [0, 0.1) is 0 Å². The van der Waals surface area contributed by atoms with Crippen LogP contribution < -0.4 is 10.1 Å². The van der Waals surface area contributed by atoms with E-state index >= 15 is 0 Å². The minimum absolute atomic E-state index is 0.608. The average molecular weight is 405 g/mol. The van der Waals surface area contributed by atoms with Gasteiger partial charge in [0.1, 0.15) is 12.4 Å². The van der Waals surface area contributed by atoms with E-state index in [0.717, 1.165) is 27.8 Å².